The number of carbonyl (C=O) groups excluding carboxylic acids is 2. The Morgan fingerprint density at radius 3 is 2.59 bits per heavy atom. The number of esters is 1. The van der Waals surface area contributed by atoms with Crippen LogP contribution in [0.1, 0.15) is 40.0 Å². The molecule has 0 unspecified atom stereocenters. The molecule has 4 rings (SSSR count). The van der Waals surface area contributed by atoms with Gasteiger partial charge < -0.3 is 9.64 Å². The van der Waals surface area contributed by atoms with Crippen molar-refractivity contribution in [2.45, 2.75) is 26.4 Å². The van der Waals surface area contributed by atoms with Gasteiger partial charge in [-0.2, -0.15) is 0 Å². The predicted octanol–water partition coefficient (Wildman–Crippen LogP) is 3.43. The molecule has 3 atom stereocenters. The average Bonchev–Trinajstić information content (AvgIpc) is 3.25. The van der Waals surface area contributed by atoms with Crippen molar-refractivity contribution in [2.24, 2.45) is 11.8 Å². The zero-order valence-electron chi connectivity index (χ0n) is 17.3. The van der Waals surface area contributed by atoms with Crippen LogP contribution in [0.3, 0.4) is 0 Å². The summed E-state index contributed by atoms with van der Waals surface area (Å²) in [5.74, 6) is 0.767. The lowest BCUT2D eigenvalue weighted by Gasteiger charge is -2.30. The third kappa shape index (κ3) is 3.79. The van der Waals surface area contributed by atoms with Crippen LogP contribution in [0.2, 0.25) is 0 Å². The second-order valence-electron chi connectivity index (χ2n) is 8.28. The molecule has 2 saturated heterocycles. The largest absolute Gasteiger partial charge is 0.465 e. The van der Waals surface area contributed by atoms with Crippen LogP contribution in [0.15, 0.2) is 48.5 Å². The highest BCUT2D eigenvalue weighted by Crippen LogP contribution is 2.46. The highest BCUT2D eigenvalue weighted by atomic mass is 16.5. The number of aryl methyl sites for hydroxylation is 1. The summed E-state index contributed by atoms with van der Waals surface area (Å²) in [6, 6.07) is 16.2. The van der Waals surface area contributed by atoms with Crippen LogP contribution in [0.25, 0.3) is 0 Å². The second kappa shape index (κ2) is 7.99. The fourth-order valence-electron chi connectivity index (χ4n) is 5.08. The topological polar surface area (TPSA) is 49.9 Å². The molecule has 0 radical (unpaired) electrons. The molecular formula is C24H28N2O3. The zero-order valence-corrected chi connectivity index (χ0v) is 17.3. The van der Waals surface area contributed by atoms with Gasteiger partial charge in [0.15, 0.2) is 0 Å². The van der Waals surface area contributed by atoms with E-state index in [9.17, 15) is 9.59 Å². The molecule has 0 saturated carbocycles. The molecule has 2 fully saturated rings. The van der Waals surface area contributed by atoms with Gasteiger partial charge in [-0.15, -0.1) is 0 Å². The van der Waals surface area contributed by atoms with Crippen molar-refractivity contribution in [3.05, 3.63) is 70.8 Å². The van der Waals surface area contributed by atoms with Crippen LogP contribution in [0.4, 0.5) is 0 Å². The maximum atomic E-state index is 12.3. The summed E-state index contributed by atoms with van der Waals surface area (Å²) in [6.45, 7) is 7.36. The van der Waals surface area contributed by atoms with Crippen molar-refractivity contribution in [3.63, 3.8) is 0 Å². The minimum absolute atomic E-state index is 0.144. The molecule has 5 heteroatoms. The molecule has 2 aliphatic heterocycles. The first kappa shape index (κ1) is 19.6. The summed E-state index contributed by atoms with van der Waals surface area (Å²) in [4.78, 5) is 28.7. The molecule has 2 heterocycles. The Balaban J connectivity index is 1.53. The van der Waals surface area contributed by atoms with Crippen LogP contribution >= 0.6 is 0 Å². The van der Waals surface area contributed by atoms with Crippen LogP contribution < -0.4 is 0 Å². The number of likely N-dealkylation sites (tertiary alicyclic amines) is 2. The third-order valence-corrected chi connectivity index (χ3v) is 6.41. The van der Waals surface area contributed by atoms with E-state index < -0.39 is 0 Å². The van der Waals surface area contributed by atoms with Crippen molar-refractivity contribution in [2.75, 3.05) is 26.7 Å². The molecule has 1 amide bonds. The van der Waals surface area contributed by atoms with Gasteiger partial charge in [-0.05, 0) is 41.7 Å². The number of amides is 1. The fourth-order valence-corrected chi connectivity index (χ4v) is 5.08. The highest BCUT2D eigenvalue weighted by molar-refractivity contribution is 5.89. The molecule has 29 heavy (non-hydrogen) atoms. The standard InChI is InChI=1S/C24H28N2O3/c1-16-7-4-5-10-21(16)23-22-15-25(13-20(22)14-26(23)17(2)27)12-18-8-6-9-19(11-18)24(28)29-3/h4-11,20,22-23H,12-15H2,1-3H3/t20-,22-,23-/m1/s1. The summed E-state index contributed by atoms with van der Waals surface area (Å²) >= 11 is 0. The minimum atomic E-state index is -0.304. The average molecular weight is 392 g/mol. The molecule has 2 aromatic rings. The van der Waals surface area contributed by atoms with Crippen LogP contribution in [-0.2, 0) is 16.1 Å². The number of rotatable bonds is 4. The number of nitrogens with zero attached hydrogens (tertiary/aromatic N) is 2. The number of ether oxygens (including phenoxy) is 1. The summed E-state index contributed by atoms with van der Waals surface area (Å²) in [5.41, 5.74) is 4.21. The Labute approximate surface area is 172 Å². The van der Waals surface area contributed by atoms with Gasteiger partial charge in [0.25, 0.3) is 0 Å². The molecule has 2 aliphatic rings. The molecular weight excluding hydrogens is 364 g/mol. The Kier molecular flexibility index (Phi) is 5.41. The lowest BCUT2D eigenvalue weighted by atomic mass is 9.87. The van der Waals surface area contributed by atoms with Crippen molar-refractivity contribution in [1.29, 1.82) is 0 Å². The maximum Gasteiger partial charge on any atom is 0.337 e. The van der Waals surface area contributed by atoms with Crippen LogP contribution in [-0.4, -0.2) is 48.4 Å². The first-order chi connectivity index (χ1) is 14.0. The Hall–Kier alpha value is -2.66. The lowest BCUT2D eigenvalue weighted by Crippen LogP contribution is -2.34. The number of fused-ring (bicyclic) bond motifs is 1. The zero-order chi connectivity index (χ0) is 20.5. The van der Waals surface area contributed by atoms with Gasteiger partial charge in [0, 0.05) is 39.0 Å². The molecule has 5 nitrogen and oxygen atoms in total. The summed E-state index contributed by atoms with van der Waals surface area (Å²) < 4.78 is 4.84. The Morgan fingerprint density at radius 2 is 1.86 bits per heavy atom. The van der Waals surface area contributed by atoms with Gasteiger partial charge >= 0.3 is 5.97 Å². The lowest BCUT2D eigenvalue weighted by molar-refractivity contribution is -0.130. The predicted molar refractivity (Wildman–Crippen MR) is 111 cm³/mol. The molecule has 0 spiro atoms. The van der Waals surface area contributed by atoms with E-state index in [2.05, 4.69) is 47.1 Å². The van der Waals surface area contributed by atoms with E-state index in [1.54, 1.807) is 13.0 Å². The molecule has 0 aliphatic carbocycles. The van der Waals surface area contributed by atoms with E-state index in [0.29, 0.717) is 17.4 Å². The second-order valence-corrected chi connectivity index (χ2v) is 8.28. The number of hydrogen-bond acceptors (Lipinski definition) is 4. The Morgan fingerprint density at radius 1 is 1.07 bits per heavy atom. The molecule has 0 bridgehead atoms. The number of hydrogen-bond donors (Lipinski definition) is 0. The summed E-state index contributed by atoms with van der Waals surface area (Å²) in [7, 11) is 1.41. The van der Waals surface area contributed by atoms with Crippen LogP contribution in [0, 0.1) is 18.8 Å². The minimum Gasteiger partial charge on any atom is -0.465 e. The van der Waals surface area contributed by atoms with Crippen molar-refractivity contribution in [3.8, 4) is 0 Å². The van der Waals surface area contributed by atoms with E-state index in [1.165, 1.54) is 18.2 Å². The van der Waals surface area contributed by atoms with Crippen molar-refractivity contribution in [1.82, 2.24) is 9.80 Å². The molecule has 0 N–H and O–H groups in total. The molecule has 2 aromatic carbocycles. The number of benzene rings is 2. The van der Waals surface area contributed by atoms with Gasteiger partial charge in [0.1, 0.15) is 0 Å². The van der Waals surface area contributed by atoms with Crippen LogP contribution in [0.5, 0.6) is 0 Å². The normalized spacial score (nSPS) is 23.8. The van der Waals surface area contributed by atoms with Gasteiger partial charge in [-0.3, -0.25) is 9.69 Å². The van der Waals surface area contributed by atoms with E-state index in [4.69, 9.17) is 4.74 Å². The maximum absolute atomic E-state index is 12.3. The summed E-state index contributed by atoms with van der Waals surface area (Å²) in [5, 5.41) is 0. The van der Waals surface area contributed by atoms with Crippen molar-refractivity contribution >= 4 is 11.9 Å². The smallest absolute Gasteiger partial charge is 0.337 e. The first-order valence-corrected chi connectivity index (χ1v) is 10.2. The van der Waals surface area contributed by atoms with E-state index in [0.717, 1.165) is 31.7 Å². The molecule has 0 aromatic heterocycles. The van der Waals surface area contributed by atoms with Gasteiger partial charge in [0.05, 0.1) is 18.7 Å². The summed E-state index contributed by atoms with van der Waals surface area (Å²) in [6.07, 6.45) is 0. The van der Waals surface area contributed by atoms with Gasteiger partial charge in [0.2, 0.25) is 5.91 Å². The molecule has 152 valence electrons. The monoisotopic (exact) mass is 392 g/mol. The van der Waals surface area contributed by atoms with Crippen molar-refractivity contribution < 1.29 is 14.3 Å². The number of carbonyl (C=O) groups is 2. The fraction of sp³-hybridized carbons (Fsp3) is 0.417. The van der Waals surface area contributed by atoms with E-state index in [1.807, 2.05) is 12.1 Å². The van der Waals surface area contributed by atoms with Gasteiger partial charge in [-0.1, -0.05) is 36.4 Å². The number of methoxy groups -OCH3 is 1. The first-order valence-electron chi connectivity index (χ1n) is 10.2. The quantitative estimate of drug-likeness (QED) is 0.748. The third-order valence-electron chi connectivity index (χ3n) is 6.41. The SMILES string of the molecule is COC(=O)c1cccc(CN2C[C@@H]3CN(C(C)=O)[C@H](c4ccccc4C)[C@@H]3C2)c1. The van der Waals surface area contributed by atoms with Gasteiger partial charge in [-0.25, -0.2) is 4.79 Å². The highest BCUT2D eigenvalue weighted by Gasteiger charge is 2.48. The van der Waals surface area contributed by atoms with E-state index in [-0.39, 0.29) is 17.9 Å². The van der Waals surface area contributed by atoms with E-state index >= 15 is 0 Å². The Bertz CT molecular complexity index is 926.